The molecule has 0 unspecified atom stereocenters. The lowest BCUT2D eigenvalue weighted by Gasteiger charge is -2.19. The minimum atomic E-state index is 1.01. The molecule has 0 fully saturated rings. The van der Waals surface area contributed by atoms with Gasteiger partial charge in [0.25, 0.3) is 0 Å². The van der Waals surface area contributed by atoms with Crippen LogP contribution < -0.4 is 0 Å². The Morgan fingerprint density at radius 2 is 2.64 bits per heavy atom. The molecule has 0 aromatic carbocycles. The fourth-order valence-corrected chi connectivity index (χ4v) is 2.72. The Labute approximate surface area is 75.1 Å². The number of hydrogen-bond acceptors (Lipinski definition) is 4. The van der Waals surface area contributed by atoms with E-state index in [0.717, 1.165) is 13.1 Å². The fourth-order valence-electron chi connectivity index (χ4n) is 1.15. The van der Waals surface area contributed by atoms with E-state index in [0.29, 0.717) is 0 Å². The van der Waals surface area contributed by atoms with Crippen molar-refractivity contribution in [3.8, 4) is 0 Å². The first-order valence-electron chi connectivity index (χ1n) is 3.65. The predicted molar refractivity (Wildman–Crippen MR) is 52.8 cm³/mol. The molecule has 0 aromatic heterocycles. The number of nitrogens with zero attached hydrogens (tertiary/aromatic N) is 2. The minimum Gasteiger partial charge on any atom is -0.326 e. The van der Waals surface area contributed by atoms with Gasteiger partial charge in [-0.05, 0) is 24.4 Å². The maximum absolute atomic E-state index is 4.43. The van der Waals surface area contributed by atoms with Crippen molar-refractivity contribution in [1.82, 2.24) is 4.90 Å². The Kier molecular flexibility index (Phi) is 2.13. The summed E-state index contributed by atoms with van der Waals surface area (Å²) in [6.45, 7) is 2.16. The van der Waals surface area contributed by atoms with Crippen molar-refractivity contribution in [2.45, 2.75) is 6.42 Å². The summed E-state index contributed by atoms with van der Waals surface area (Å²) in [4.78, 5) is 6.68. The van der Waals surface area contributed by atoms with Crippen molar-refractivity contribution in [1.29, 1.82) is 0 Å². The summed E-state index contributed by atoms with van der Waals surface area (Å²) in [5.41, 5.74) is 0. The predicted octanol–water partition coefficient (Wildman–Crippen LogP) is 1.96. The highest BCUT2D eigenvalue weighted by molar-refractivity contribution is 8.29. The molecular formula is C7H10N2S2. The van der Waals surface area contributed by atoms with Crippen molar-refractivity contribution in [3.05, 3.63) is 10.4 Å². The molecular weight excluding hydrogens is 176 g/mol. The SMILES string of the molecule is CSC1=CN2CCCN=C2S1. The fraction of sp³-hybridized carbons (Fsp3) is 0.571. The molecule has 4 heteroatoms. The van der Waals surface area contributed by atoms with E-state index in [9.17, 15) is 0 Å². The van der Waals surface area contributed by atoms with Gasteiger partial charge in [0, 0.05) is 19.3 Å². The van der Waals surface area contributed by atoms with Gasteiger partial charge in [-0.3, -0.25) is 4.99 Å². The molecule has 60 valence electrons. The monoisotopic (exact) mass is 186 g/mol. The molecule has 2 rings (SSSR count). The first-order valence-corrected chi connectivity index (χ1v) is 5.69. The lowest BCUT2D eigenvalue weighted by atomic mass is 10.4. The Balaban J connectivity index is 2.15. The largest absolute Gasteiger partial charge is 0.326 e. The van der Waals surface area contributed by atoms with Gasteiger partial charge in [-0.15, -0.1) is 11.8 Å². The first-order chi connectivity index (χ1) is 5.40. The summed E-state index contributed by atoms with van der Waals surface area (Å²) in [6.07, 6.45) is 5.51. The van der Waals surface area contributed by atoms with E-state index in [1.54, 1.807) is 23.5 Å². The molecule has 0 N–H and O–H groups in total. The van der Waals surface area contributed by atoms with Crippen LogP contribution in [0.2, 0.25) is 0 Å². The molecule has 0 aliphatic carbocycles. The highest BCUT2D eigenvalue weighted by atomic mass is 32.2. The zero-order valence-corrected chi connectivity index (χ0v) is 8.04. The van der Waals surface area contributed by atoms with E-state index in [1.165, 1.54) is 15.8 Å². The van der Waals surface area contributed by atoms with Gasteiger partial charge >= 0.3 is 0 Å². The van der Waals surface area contributed by atoms with Crippen molar-refractivity contribution in [2.24, 2.45) is 4.99 Å². The first kappa shape index (κ1) is 7.55. The standard InChI is InChI=1S/C7H10N2S2/c1-10-6-5-9-4-2-3-8-7(9)11-6/h5H,2-4H2,1H3. The molecule has 11 heavy (non-hydrogen) atoms. The van der Waals surface area contributed by atoms with Gasteiger partial charge in [-0.2, -0.15) is 0 Å². The van der Waals surface area contributed by atoms with Gasteiger partial charge in [0.1, 0.15) is 0 Å². The van der Waals surface area contributed by atoms with Crippen molar-refractivity contribution < 1.29 is 0 Å². The van der Waals surface area contributed by atoms with Crippen LogP contribution in [0.3, 0.4) is 0 Å². The Bertz CT molecular complexity index is 222. The molecule has 2 nitrogen and oxygen atoms in total. The molecule has 0 bridgehead atoms. The summed E-state index contributed by atoms with van der Waals surface area (Å²) in [5.74, 6) is 0. The van der Waals surface area contributed by atoms with Gasteiger partial charge in [0.05, 0.1) is 4.24 Å². The molecule has 0 aromatic rings. The van der Waals surface area contributed by atoms with E-state index < -0.39 is 0 Å². The van der Waals surface area contributed by atoms with E-state index in [-0.39, 0.29) is 0 Å². The third-order valence-corrected chi connectivity index (χ3v) is 3.81. The lowest BCUT2D eigenvalue weighted by Crippen LogP contribution is -2.25. The summed E-state index contributed by atoms with van der Waals surface area (Å²) in [6, 6.07) is 0. The van der Waals surface area contributed by atoms with Crippen molar-refractivity contribution >= 4 is 28.7 Å². The number of aliphatic imine (C=N–C) groups is 1. The second-order valence-electron chi connectivity index (χ2n) is 2.47. The smallest absolute Gasteiger partial charge is 0.168 e. The molecule has 0 radical (unpaired) electrons. The maximum Gasteiger partial charge on any atom is 0.168 e. The molecule has 0 saturated carbocycles. The number of rotatable bonds is 1. The van der Waals surface area contributed by atoms with Gasteiger partial charge in [-0.1, -0.05) is 0 Å². The molecule has 0 amide bonds. The maximum atomic E-state index is 4.43. The van der Waals surface area contributed by atoms with Crippen LogP contribution in [0.15, 0.2) is 15.4 Å². The van der Waals surface area contributed by atoms with Gasteiger partial charge in [0.15, 0.2) is 5.17 Å². The van der Waals surface area contributed by atoms with Crippen LogP contribution in [0, 0.1) is 0 Å². The average molecular weight is 186 g/mol. The van der Waals surface area contributed by atoms with Crippen LogP contribution in [0.25, 0.3) is 0 Å². The molecule has 0 saturated heterocycles. The average Bonchev–Trinajstić information content (AvgIpc) is 2.46. The molecule has 0 spiro atoms. The van der Waals surface area contributed by atoms with Crippen LogP contribution in [-0.2, 0) is 0 Å². The van der Waals surface area contributed by atoms with Crippen molar-refractivity contribution in [2.75, 3.05) is 19.3 Å². The van der Waals surface area contributed by atoms with Gasteiger partial charge in [0.2, 0.25) is 0 Å². The topological polar surface area (TPSA) is 15.6 Å². The Hall–Kier alpha value is -0.0900. The quantitative estimate of drug-likeness (QED) is 0.622. The molecule has 2 aliphatic heterocycles. The van der Waals surface area contributed by atoms with Crippen LogP contribution in [0.1, 0.15) is 6.42 Å². The third kappa shape index (κ3) is 1.42. The van der Waals surface area contributed by atoms with Crippen LogP contribution >= 0.6 is 23.5 Å². The number of hydrogen-bond donors (Lipinski definition) is 0. The van der Waals surface area contributed by atoms with E-state index >= 15 is 0 Å². The second kappa shape index (κ2) is 3.11. The Morgan fingerprint density at radius 1 is 1.73 bits per heavy atom. The third-order valence-electron chi connectivity index (χ3n) is 1.70. The summed E-state index contributed by atoms with van der Waals surface area (Å²) < 4.78 is 1.37. The van der Waals surface area contributed by atoms with Crippen LogP contribution in [0.5, 0.6) is 0 Å². The van der Waals surface area contributed by atoms with E-state index in [2.05, 4.69) is 22.3 Å². The molecule has 2 heterocycles. The number of fused-ring (bicyclic) bond motifs is 1. The van der Waals surface area contributed by atoms with Crippen molar-refractivity contribution in [3.63, 3.8) is 0 Å². The second-order valence-corrected chi connectivity index (χ2v) is 4.58. The van der Waals surface area contributed by atoms with Gasteiger partial charge in [-0.25, -0.2) is 0 Å². The number of thioether (sulfide) groups is 2. The zero-order valence-electron chi connectivity index (χ0n) is 6.41. The minimum absolute atomic E-state index is 1.01. The molecule has 0 atom stereocenters. The van der Waals surface area contributed by atoms with Crippen LogP contribution in [-0.4, -0.2) is 29.4 Å². The van der Waals surface area contributed by atoms with Gasteiger partial charge < -0.3 is 4.90 Å². The highest BCUT2D eigenvalue weighted by Crippen LogP contribution is 2.36. The lowest BCUT2D eigenvalue weighted by molar-refractivity contribution is 0.522. The Morgan fingerprint density at radius 3 is 3.36 bits per heavy atom. The summed E-state index contributed by atoms with van der Waals surface area (Å²) >= 11 is 3.59. The highest BCUT2D eigenvalue weighted by Gasteiger charge is 2.21. The zero-order chi connectivity index (χ0) is 7.68. The normalized spacial score (nSPS) is 22.8. The van der Waals surface area contributed by atoms with Crippen LogP contribution in [0.4, 0.5) is 0 Å². The summed E-state index contributed by atoms with van der Waals surface area (Å²) in [7, 11) is 0. The van der Waals surface area contributed by atoms with E-state index in [1.807, 2.05) is 0 Å². The summed E-state index contributed by atoms with van der Waals surface area (Å²) in [5, 5.41) is 1.20. The molecule has 2 aliphatic rings. The number of amidine groups is 1. The van der Waals surface area contributed by atoms with E-state index in [4.69, 9.17) is 0 Å².